The summed E-state index contributed by atoms with van der Waals surface area (Å²) < 4.78 is 29.2. The number of H-pyrrole nitrogens is 1. The molecular weight excluding hydrogens is 350 g/mol. The third-order valence-electron chi connectivity index (χ3n) is 5.83. The van der Waals surface area contributed by atoms with Crippen LogP contribution in [-0.4, -0.2) is 45.8 Å². The maximum Gasteiger partial charge on any atom is 0.181 e. The van der Waals surface area contributed by atoms with Gasteiger partial charge in [-0.1, -0.05) is 6.92 Å². The van der Waals surface area contributed by atoms with Crippen LogP contribution < -0.4 is 10.2 Å². The van der Waals surface area contributed by atoms with E-state index in [0.717, 1.165) is 12.6 Å². The van der Waals surface area contributed by atoms with Gasteiger partial charge >= 0.3 is 0 Å². The zero-order chi connectivity index (χ0) is 18.6. The highest BCUT2D eigenvalue weighted by Gasteiger charge is 2.46. The quantitative estimate of drug-likeness (QED) is 0.742. The molecule has 0 aromatic carbocycles. The van der Waals surface area contributed by atoms with Gasteiger partial charge in [-0.3, -0.25) is 5.10 Å². The van der Waals surface area contributed by atoms with Crippen LogP contribution >= 0.6 is 0 Å². The predicted molar refractivity (Wildman–Crippen MR) is 98.4 cm³/mol. The van der Waals surface area contributed by atoms with E-state index >= 15 is 0 Å². The molecule has 0 amide bonds. The van der Waals surface area contributed by atoms with Gasteiger partial charge in [0.25, 0.3) is 0 Å². The summed E-state index contributed by atoms with van der Waals surface area (Å²) in [5.74, 6) is -1.17. The molecule has 0 spiro atoms. The summed E-state index contributed by atoms with van der Waals surface area (Å²) in [5.41, 5.74) is 1.22. The number of nitrogens with zero attached hydrogens (tertiary/aromatic N) is 4. The molecule has 1 atom stereocenters. The molecule has 3 aromatic rings. The number of hydrogen-bond acceptors (Lipinski definition) is 5. The van der Waals surface area contributed by atoms with Crippen LogP contribution in [0, 0.1) is 17.0 Å². The zero-order valence-electron chi connectivity index (χ0n) is 15.0. The van der Waals surface area contributed by atoms with E-state index in [-0.39, 0.29) is 23.0 Å². The fourth-order valence-corrected chi connectivity index (χ4v) is 3.84. The van der Waals surface area contributed by atoms with Crippen molar-refractivity contribution in [1.29, 1.82) is 0 Å². The van der Waals surface area contributed by atoms with E-state index in [2.05, 4.69) is 32.4 Å². The molecule has 2 N–H and O–H groups in total. The number of hydrogen-bond donors (Lipinski definition) is 2. The maximum absolute atomic E-state index is 14.6. The Morgan fingerprint density at radius 1 is 1.26 bits per heavy atom. The smallest absolute Gasteiger partial charge is 0.181 e. The SMILES string of the molecule is CC1([C@H]2CN(c3nc(-c4[nH]nc5ncccc45)c(F)cc3F)CCN2)CC1. The first-order valence-electron chi connectivity index (χ1n) is 9.19. The topological polar surface area (TPSA) is 69.7 Å². The van der Waals surface area contributed by atoms with E-state index in [4.69, 9.17) is 0 Å². The number of piperazine rings is 1. The highest BCUT2D eigenvalue weighted by molar-refractivity contribution is 5.89. The molecular formula is C19H20F2N6. The fourth-order valence-electron chi connectivity index (χ4n) is 3.84. The molecule has 0 bridgehead atoms. The Morgan fingerprint density at radius 2 is 2.11 bits per heavy atom. The Labute approximate surface area is 155 Å². The predicted octanol–water partition coefficient (Wildman–Crippen LogP) is 2.88. The maximum atomic E-state index is 14.6. The third-order valence-corrected chi connectivity index (χ3v) is 5.83. The average Bonchev–Trinajstić information content (AvgIpc) is 3.29. The summed E-state index contributed by atoms with van der Waals surface area (Å²) in [4.78, 5) is 10.4. The second-order valence-corrected chi connectivity index (χ2v) is 7.70. The molecule has 8 heteroatoms. The van der Waals surface area contributed by atoms with Crippen molar-refractivity contribution in [3.05, 3.63) is 36.0 Å². The van der Waals surface area contributed by atoms with Gasteiger partial charge in [0.1, 0.15) is 5.69 Å². The van der Waals surface area contributed by atoms with Gasteiger partial charge in [-0.05, 0) is 30.4 Å². The van der Waals surface area contributed by atoms with E-state index in [1.807, 2.05) is 4.90 Å². The van der Waals surface area contributed by atoms with Crippen molar-refractivity contribution >= 4 is 16.9 Å². The minimum atomic E-state index is -0.716. The van der Waals surface area contributed by atoms with Gasteiger partial charge < -0.3 is 10.2 Å². The highest BCUT2D eigenvalue weighted by atomic mass is 19.1. The lowest BCUT2D eigenvalue weighted by atomic mass is 9.96. The molecule has 2 aliphatic rings. The van der Waals surface area contributed by atoms with Gasteiger partial charge in [-0.25, -0.2) is 18.7 Å². The normalized spacial score (nSPS) is 21.6. The number of nitrogens with one attached hydrogen (secondary N) is 2. The Morgan fingerprint density at radius 3 is 2.93 bits per heavy atom. The van der Waals surface area contributed by atoms with Gasteiger partial charge in [0.15, 0.2) is 23.1 Å². The first-order chi connectivity index (χ1) is 13.0. The van der Waals surface area contributed by atoms with Crippen LogP contribution in [-0.2, 0) is 0 Å². The van der Waals surface area contributed by atoms with Crippen LogP contribution in [0.5, 0.6) is 0 Å². The van der Waals surface area contributed by atoms with Gasteiger partial charge in [0, 0.05) is 43.3 Å². The third kappa shape index (κ3) is 2.75. The molecule has 3 aromatic heterocycles. The van der Waals surface area contributed by atoms with Crippen molar-refractivity contribution in [3.63, 3.8) is 0 Å². The van der Waals surface area contributed by atoms with E-state index in [1.54, 1.807) is 18.3 Å². The lowest BCUT2D eigenvalue weighted by Crippen LogP contribution is -2.54. The number of aromatic nitrogens is 4. The van der Waals surface area contributed by atoms with E-state index in [1.165, 1.54) is 12.8 Å². The van der Waals surface area contributed by atoms with E-state index in [9.17, 15) is 8.78 Å². The minimum Gasteiger partial charge on any atom is -0.351 e. The minimum absolute atomic E-state index is 0.0645. The van der Waals surface area contributed by atoms with Gasteiger partial charge in [0.2, 0.25) is 0 Å². The molecule has 140 valence electrons. The molecule has 0 unspecified atom stereocenters. The van der Waals surface area contributed by atoms with Crippen molar-refractivity contribution in [2.24, 2.45) is 5.41 Å². The van der Waals surface area contributed by atoms with Gasteiger partial charge in [-0.2, -0.15) is 5.10 Å². The standard InChI is InChI=1S/C19H20F2N6/c1-19(4-5-19)14-10-27(8-7-22-14)18-13(21)9-12(20)16(24-18)15-11-3-2-6-23-17(11)26-25-15/h2-3,6,9,14,22H,4-5,7-8,10H2,1H3,(H,23,25,26)/t14-/m1/s1. The number of fused-ring (bicyclic) bond motifs is 1. The number of halogens is 2. The average molecular weight is 370 g/mol. The van der Waals surface area contributed by atoms with Gasteiger partial charge in [0.05, 0.1) is 5.69 Å². The first-order valence-corrected chi connectivity index (χ1v) is 9.19. The molecule has 1 saturated heterocycles. The number of anilines is 1. The van der Waals surface area contributed by atoms with Crippen LogP contribution in [0.25, 0.3) is 22.4 Å². The van der Waals surface area contributed by atoms with E-state index < -0.39 is 11.6 Å². The van der Waals surface area contributed by atoms with Crippen LogP contribution in [0.15, 0.2) is 24.4 Å². The molecule has 1 saturated carbocycles. The summed E-state index contributed by atoms with van der Waals surface area (Å²) in [6.07, 6.45) is 3.97. The fraction of sp³-hybridized carbons (Fsp3) is 0.421. The molecule has 2 fully saturated rings. The summed E-state index contributed by atoms with van der Waals surface area (Å²) >= 11 is 0. The van der Waals surface area contributed by atoms with Crippen LogP contribution in [0.1, 0.15) is 19.8 Å². The Bertz CT molecular complexity index is 1010. The first kappa shape index (κ1) is 16.6. The molecule has 0 radical (unpaired) electrons. The van der Waals surface area contributed by atoms with Crippen molar-refractivity contribution in [2.45, 2.75) is 25.8 Å². The molecule has 6 nitrogen and oxygen atoms in total. The summed E-state index contributed by atoms with van der Waals surface area (Å²) in [7, 11) is 0. The molecule has 1 aliphatic carbocycles. The monoisotopic (exact) mass is 370 g/mol. The Hall–Kier alpha value is -2.61. The second-order valence-electron chi connectivity index (χ2n) is 7.70. The summed E-state index contributed by atoms with van der Waals surface area (Å²) in [6, 6.07) is 4.75. The van der Waals surface area contributed by atoms with E-state index in [0.29, 0.717) is 29.8 Å². The second kappa shape index (κ2) is 5.95. The summed E-state index contributed by atoms with van der Waals surface area (Å²) in [5, 5.41) is 11.1. The summed E-state index contributed by atoms with van der Waals surface area (Å²) in [6.45, 7) is 4.30. The van der Waals surface area contributed by atoms with Gasteiger partial charge in [-0.15, -0.1) is 0 Å². The Kier molecular flexibility index (Phi) is 3.65. The van der Waals surface area contributed by atoms with Crippen molar-refractivity contribution in [3.8, 4) is 11.4 Å². The largest absolute Gasteiger partial charge is 0.351 e. The lowest BCUT2D eigenvalue weighted by Gasteiger charge is -2.37. The molecule has 4 heterocycles. The number of pyridine rings is 2. The number of aromatic amines is 1. The van der Waals surface area contributed by atoms with Crippen molar-refractivity contribution in [1.82, 2.24) is 25.5 Å². The lowest BCUT2D eigenvalue weighted by molar-refractivity contribution is 0.329. The number of rotatable bonds is 3. The van der Waals surface area contributed by atoms with Crippen LogP contribution in [0.2, 0.25) is 0 Å². The van der Waals surface area contributed by atoms with Crippen LogP contribution in [0.4, 0.5) is 14.6 Å². The van der Waals surface area contributed by atoms with Crippen molar-refractivity contribution in [2.75, 3.05) is 24.5 Å². The highest BCUT2D eigenvalue weighted by Crippen LogP contribution is 2.49. The van der Waals surface area contributed by atoms with Crippen molar-refractivity contribution < 1.29 is 8.78 Å². The zero-order valence-corrected chi connectivity index (χ0v) is 15.0. The molecule has 27 heavy (non-hydrogen) atoms. The molecule has 1 aliphatic heterocycles. The molecule has 5 rings (SSSR count). The Balaban J connectivity index is 1.55. The van der Waals surface area contributed by atoms with Crippen LogP contribution in [0.3, 0.4) is 0 Å².